The number of rotatable bonds is 5. The molecule has 33 heavy (non-hydrogen) atoms. The second-order valence-electron chi connectivity index (χ2n) is 8.59. The van der Waals surface area contributed by atoms with Crippen LogP contribution in [0.5, 0.6) is 0 Å². The van der Waals surface area contributed by atoms with E-state index in [0.29, 0.717) is 28.1 Å². The van der Waals surface area contributed by atoms with Gasteiger partial charge in [-0.3, -0.25) is 9.20 Å². The van der Waals surface area contributed by atoms with Crippen LogP contribution in [0.15, 0.2) is 56.9 Å². The van der Waals surface area contributed by atoms with E-state index >= 15 is 0 Å². The topological polar surface area (TPSA) is 91.1 Å². The van der Waals surface area contributed by atoms with Crippen LogP contribution in [0.3, 0.4) is 0 Å². The summed E-state index contributed by atoms with van der Waals surface area (Å²) in [6.45, 7) is 6.02. The Kier molecular flexibility index (Phi) is 4.62. The molecule has 1 aliphatic rings. The molecule has 1 saturated carbocycles. The third-order valence-corrected chi connectivity index (χ3v) is 7.06. The molecule has 9 heteroatoms. The molecule has 2 aromatic carbocycles. The van der Waals surface area contributed by atoms with Gasteiger partial charge in [0.2, 0.25) is 11.7 Å². The summed E-state index contributed by atoms with van der Waals surface area (Å²) in [5.74, 6) is 2.28. The summed E-state index contributed by atoms with van der Waals surface area (Å²) in [5.41, 5.74) is 3.51. The van der Waals surface area contributed by atoms with Crippen molar-refractivity contribution in [3.8, 4) is 5.69 Å². The highest BCUT2D eigenvalue weighted by Gasteiger charge is 2.30. The second-order valence-corrected chi connectivity index (χ2v) is 9.90. The highest BCUT2D eigenvalue weighted by atomic mass is 32.2. The van der Waals surface area contributed by atoms with Crippen LogP contribution in [0, 0.1) is 13.8 Å². The molecule has 0 aliphatic heterocycles. The number of para-hydroxylation sites is 1. The zero-order valence-electron chi connectivity index (χ0n) is 18.5. The fraction of sp³-hybridized carbons (Fsp3) is 0.292. The fourth-order valence-electron chi connectivity index (χ4n) is 4.06. The fourth-order valence-corrected chi connectivity index (χ4v) is 4.95. The van der Waals surface area contributed by atoms with Gasteiger partial charge >= 0.3 is 0 Å². The Bertz CT molecular complexity index is 1580. The Balaban J connectivity index is 1.53. The molecule has 5 aromatic rings. The molecule has 0 saturated heterocycles. The minimum absolute atomic E-state index is 0.114. The van der Waals surface area contributed by atoms with Gasteiger partial charge in [-0.2, -0.15) is 4.98 Å². The quantitative estimate of drug-likeness (QED) is 0.351. The van der Waals surface area contributed by atoms with E-state index in [-0.39, 0.29) is 10.8 Å². The number of hydrogen-bond donors (Lipinski definition) is 0. The van der Waals surface area contributed by atoms with Crippen molar-refractivity contribution in [2.24, 2.45) is 0 Å². The van der Waals surface area contributed by atoms with Gasteiger partial charge < -0.3 is 4.52 Å². The van der Waals surface area contributed by atoms with E-state index in [1.165, 1.54) is 11.8 Å². The summed E-state index contributed by atoms with van der Waals surface area (Å²) in [5, 5.41) is 14.2. The summed E-state index contributed by atoms with van der Waals surface area (Å²) in [6, 6.07) is 13.6. The first kappa shape index (κ1) is 20.2. The minimum Gasteiger partial charge on any atom is -0.338 e. The maximum Gasteiger partial charge on any atom is 0.267 e. The van der Waals surface area contributed by atoms with Gasteiger partial charge in [0.15, 0.2) is 11.0 Å². The minimum atomic E-state index is -0.116. The highest BCUT2D eigenvalue weighted by Crippen LogP contribution is 2.40. The number of thioether (sulfide) groups is 1. The lowest BCUT2D eigenvalue weighted by Gasteiger charge is -2.14. The van der Waals surface area contributed by atoms with E-state index in [4.69, 9.17) is 4.52 Å². The third-order valence-electron chi connectivity index (χ3n) is 6.03. The number of aromatic nitrogens is 6. The van der Waals surface area contributed by atoms with Crippen LogP contribution in [-0.4, -0.2) is 29.3 Å². The van der Waals surface area contributed by atoms with Crippen molar-refractivity contribution in [3.63, 3.8) is 0 Å². The van der Waals surface area contributed by atoms with Gasteiger partial charge in [-0.15, -0.1) is 10.2 Å². The van der Waals surface area contributed by atoms with Gasteiger partial charge in [0, 0.05) is 5.92 Å². The average Bonchev–Trinajstić information content (AvgIpc) is 3.40. The monoisotopic (exact) mass is 458 g/mol. The number of fused-ring (bicyclic) bond motifs is 3. The maximum atomic E-state index is 13.6. The normalized spacial score (nSPS) is 14.9. The van der Waals surface area contributed by atoms with Crippen molar-refractivity contribution in [1.29, 1.82) is 0 Å². The molecule has 3 heterocycles. The smallest absolute Gasteiger partial charge is 0.267 e. The molecule has 0 spiro atoms. The summed E-state index contributed by atoms with van der Waals surface area (Å²) < 4.78 is 9.12. The standard InChI is InChI=1S/C24H22N6O2S/c1-13-8-9-14(2)19(12-13)29-22(31)17-6-4-5-7-18(17)30-23(29)26-27-24(30)33-15(3)21-25-20(28-32-21)16-10-11-16/h4-9,12,15-16H,10-11H2,1-3H3. The zero-order chi connectivity index (χ0) is 22.7. The molecule has 1 fully saturated rings. The molecule has 1 unspecified atom stereocenters. The van der Waals surface area contributed by atoms with Crippen LogP contribution in [0.25, 0.3) is 22.4 Å². The van der Waals surface area contributed by atoms with Crippen LogP contribution in [0.1, 0.15) is 53.8 Å². The highest BCUT2D eigenvalue weighted by molar-refractivity contribution is 7.99. The number of hydrogen-bond acceptors (Lipinski definition) is 7. The summed E-state index contributed by atoms with van der Waals surface area (Å²) in [4.78, 5) is 18.2. The van der Waals surface area contributed by atoms with Crippen LogP contribution < -0.4 is 5.56 Å². The summed E-state index contributed by atoms with van der Waals surface area (Å²) in [6.07, 6.45) is 2.24. The second kappa shape index (κ2) is 7.55. The van der Waals surface area contributed by atoms with Crippen LogP contribution in [-0.2, 0) is 0 Å². The lowest BCUT2D eigenvalue weighted by molar-refractivity contribution is 0.374. The van der Waals surface area contributed by atoms with E-state index in [9.17, 15) is 4.79 Å². The predicted octanol–water partition coefficient (Wildman–Crippen LogP) is 4.76. The predicted molar refractivity (Wildman–Crippen MR) is 126 cm³/mol. The first-order valence-corrected chi connectivity index (χ1v) is 11.9. The number of benzene rings is 2. The first-order chi connectivity index (χ1) is 16.0. The SMILES string of the molecule is Cc1ccc(C)c(-n2c(=O)c3ccccc3n3c(SC(C)c4nc(C5CC5)no4)nnc23)c1. The third kappa shape index (κ3) is 3.34. The molecule has 0 radical (unpaired) electrons. The molecular formula is C24H22N6O2S. The molecule has 0 amide bonds. The van der Waals surface area contributed by atoms with E-state index in [1.807, 2.05) is 67.6 Å². The zero-order valence-corrected chi connectivity index (χ0v) is 19.3. The summed E-state index contributed by atoms with van der Waals surface area (Å²) >= 11 is 1.49. The van der Waals surface area contributed by atoms with Gasteiger partial charge in [0.25, 0.3) is 5.56 Å². The Morgan fingerprint density at radius 3 is 2.76 bits per heavy atom. The van der Waals surface area contributed by atoms with Gasteiger partial charge in [0.05, 0.1) is 21.8 Å². The Hall–Kier alpha value is -3.46. The molecule has 6 rings (SSSR count). The molecule has 3 aromatic heterocycles. The lowest BCUT2D eigenvalue weighted by Crippen LogP contribution is -2.22. The van der Waals surface area contributed by atoms with Gasteiger partial charge in [-0.05, 0) is 62.9 Å². The van der Waals surface area contributed by atoms with E-state index < -0.39 is 0 Å². The molecule has 8 nitrogen and oxygen atoms in total. The number of nitrogens with zero attached hydrogens (tertiary/aromatic N) is 6. The molecule has 0 N–H and O–H groups in total. The van der Waals surface area contributed by atoms with Gasteiger partial charge in [-0.1, -0.05) is 41.2 Å². The van der Waals surface area contributed by atoms with E-state index in [2.05, 4.69) is 20.3 Å². The lowest BCUT2D eigenvalue weighted by atomic mass is 10.1. The number of aryl methyl sites for hydroxylation is 2. The molecule has 1 aliphatic carbocycles. The Morgan fingerprint density at radius 1 is 1.12 bits per heavy atom. The van der Waals surface area contributed by atoms with Crippen LogP contribution in [0.4, 0.5) is 0 Å². The average molecular weight is 459 g/mol. The van der Waals surface area contributed by atoms with Crippen LogP contribution >= 0.6 is 11.8 Å². The Labute approximate surface area is 193 Å². The Morgan fingerprint density at radius 2 is 1.94 bits per heavy atom. The van der Waals surface area contributed by atoms with Gasteiger partial charge in [-0.25, -0.2) is 4.57 Å². The first-order valence-electron chi connectivity index (χ1n) is 11.0. The van der Waals surface area contributed by atoms with Crippen LogP contribution in [0.2, 0.25) is 0 Å². The molecule has 166 valence electrons. The van der Waals surface area contributed by atoms with Crippen molar-refractivity contribution < 1.29 is 4.52 Å². The molecular weight excluding hydrogens is 436 g/mol. The van der Waals surface area contributed by atoms with Crippen molar-refractivity contribution in [1.82, 2.24) is 29.3 Å². The van der Waals surface area contributed by atoms with Crippen molar-refractivity contribution in [3.05, 3.63) is 75.7 Å². The van der Waals surface area contributed by atoms with Gasteiger partial charge in [0.1, 0.15) is 0 Å². The summed E-state index contributed by atoms with van der Waals surface area (Å²) in [7, 11) is 0. The largest absolute Gasteiger partial charge is 0.338 e. The van der Waals surface area contributed by atoms with Crippen molar-refractivity contribution in [2.75, 3.05) is 0 Å². The molecule has 0 bridgehead atoms. The van der Waals surface area contributed by atoms with E-state index in [1.54, 1.807) is 4.57 Å². The van der Waals surface area contributed by atoms with Crippen molar-refractivity contribution in [2.45, 2.75) is 49.9 Å². The maximum absolute atomic E-state index is 13.6. The van der Waals surface area contributed by atoms with E-state index in [0.717, 1.165) is 41.0 Å². The van der Waals surface area contributed by atoms with Crippen molar-refractivity contribution >= 4 is 28.4 Å². The molecule has 1 atom stereocenters.